The lowest BCUT2D eigenvalue weighted by Gasteiger charge is -2.22. The summed E-state index contributed by atoms with van der Waals surface area (Å²) in [4.78, 5) is 11.9. The quantitative estimate of drug-likeness (QED) is 0.824. The maximum absolute atomic E-state index is 11.9. The van der Waals surface area contributed by atoms with Gasteiger partial charge in [0.15, 0.2) is 0 Å². The second kappa shape index (κ2) is 6.19. The molecule has 0 aliphatic carbocycles. The number of aryl methyl sites for hydroxylation is 2. The molecule has 0 radical (unpaired) electrons. The molecule has 0 saturated heterocycles. The van der Waals surface area contributed by atoms with Crippen molar-refractivity contribution in [2.24, 2.45) is 5.73 Å². The second-order valence-electron chi connectivity index (χ2n) is 5.64. The molecule has 0 fully saturated rings. The van der Waals surface area contributed by atoms with Crippen LogP contribution in [0.25, 0.3) is 0 Å². The average Bonchev–Trinajstić information content (AvgIpc) is 2.69. The zero-order valence-electron chi connectivity index (χ0n) is 12.6. The fraction of sp³-hybridized carbons (Fsp3) is 0.714. The lowest BCUT2D eigenvalue weighted by Crippen LogP contribution is -2.39. The summed E-state index contributed by atoms with van der Waals surface area (Å²) in [5.74, 6) is -0.366. The summed E-state index contributed by atoms with van der Waals surface area (Å²) in [7, 11) is 0. The summed E-state index contributed by atoms with van der Waals surface area (Å²) < 4.78 is 7.18. The third kappa shape index (κ3) is 4.67. The molecule has 108 valence electrons. The Morgan fingerprint density at radius 3 is 2.58 bits per heavy atom. The fourth-order valence-electron chi connectivity index (χ4n) is 1.81. The van der Waals surface area contributed by atoms with E-state index in [0.29, 0.717) is 6.42 Å². The van der Waals surface area contributed by atoms with Gasteiger partial charge in [0.1, 0.15) is 11.6 Å². The highest BCUT2D eigenvalue weighted by Gasteiger charge is 2.23. The molecule has 19 heavy (non-hydrogen) atoms. The van der Waals surface area contributed by atoms with Gasteiger partial charge in [0.25, 0.3) is 0 Å². The van der Waals surface area contributed by atoms with Crippen molar-refractivity contribution in [2.75, 3.05) is 0 Å². The standard InChI is InChI=1S/C14H25N3O2/c1-6-10-8-11(17(7-2)16-10)9-12(15)13(18)19-14(3,4)5/h8,12H,6-7,9,15H2,1-5H3. The normalized spacial score (nSPS) is 13.4. The summed E-state index contributed by atoms with van der Waals surface area (Å²) in [5, 5.41) is 4.44. The van der Waals surface area contributed by atoms with Gasteiger partial charge >= 0.3 is 5.97 Å². The SMILES string of the molecule is CCc1cc(CC(N)C(=O)OC(C)(C)C)n(CC)n1. The molecule has 1 heterocycles. The van der Waals surface area contributed by atoms with Gasteiger partial charge in [0.05, 0.1) is 5.69 Å². The van der Waals surface area contributed by atoms with E-state index >= 15 is 0 Å². The van der Waals surface area contributed by atoms with Gasteiger partial charge < -0.3 is 10.5 Å². The van der Waals surface area contributed by atoms with Crippen LogP contribution in [-0.2, 0) is 28.9 Å². The number of aromatic nitrogens is 2. The Morgan fingerprint density at radius 1 is 1.47 bits per heavy atom. The molecule has 1 aromatic rings. The third-order valence-corrected chi connectivity index (χ3v) is 2.71. The number of carbonyl (C=O) groups is 1. The van der Waals surface area contributed by atoms with Crippen LogP contribution in [0.5, 0.6) is 0 Å². The van der Waals surface area contributed by atoms with Crippen molar-refractivity contribution in [1.29, 1.82) is 0 Å². The van der Waals surface area contributed by atoms with Crippen LogP contribution in [0.4, 0.5) is 0 Å². The summed E-state index contributed by atoms with van der Waals surface area (Å²) in [6.07, 6.45) is 1.33. The van der Waals surface area contributed by atoms with E-state index in [1.807, 2.05) is 38.4 Å². The van der Waals surface area contributed by atoms with Gasteiger partial charge in [0, 0.05) is 18.7 Å². The Labute approximate surface area is 115 Å². The van der Waals surface area contributed by atoms with Crippen LogP contribution in [0.2, 0.25) is 0 Å². The van der Waals surface area contributed by atoms with Gasteiger partial charge in [-0.3, -0.25) is 9.48 Å². The van der Waals surface area contributed by atoms with Crippen molar-refractivity contribution < 1.29 is 9.53 Å². The third-order valence-electron chi connectivity index (χ3n) is 2.71. The first-order chi connectivity index (χ1) is 8.76. The number of nitrogens with zero attached hydrogens (tertiary/aromatic N) is 2. The van der Waals surface area contributed by atoms with Gasteiger partial charge in [-0.25, -0.2) is 0 Å². The van der Waals surface area contributed by atoms with Gasteiger partial charge in [-0.1, -0.05) is 6.92 Å². The first-order valence-electron chi connectivity index (χ1n) is 6.80. The van der Waals surface area contributed by atoms with Crippen molar-refractivity contribution in [3.8, 4) is 0 Å². The zero-order valence-corrected chi connectivity index (χ0v) is 12.6. The van der Waals surface area contributed by atoms with Crippen LogP contribution in [0.3, 0.4) is 0 Å². The molecule has 1 atom stereocenters. The first-order valence-corrected chi connectivity index (χ1v) is 6.80. The van der Waals surface area contributed by atoms with E-state index in [2.05, 4.69) is 12.0 Å². The van der Waals surface area contributed by atoms with Gasteiger partial charge in [-0.05, 0) is 40.2 Å². The van der Waals surface area contributed by atoms with Crippen LogP contribution < -0.4 is 5.73 Å². The summed E-state index contributed by atoms with van der Waals surface area (Å²) in [5.41, 5.74) is 7.41. The predicted octanol–water partition coefficient (Wildman–Crippen LogP) is 1.68. The Bertz CT molecular complexity index is 432. The number of hydrogen-bond donors (Lipinski definition) is 1. The number of esters is 1. The molecule has 0 amide bonds. The zero-order chi connectivity index (χ0) is 14.6. The monoisotopic (exact) mass is 267 g/mol. The van der Waals surface area contributed by atoms with E-state index in [1.165, 1.54) is 0 Å². The molecule has 1 rings (SSSR count). The van der Waals surface area contributed by atoms with Crippen LogP contribution in [0.15, 0.2) is 6.07 Å². The van der Waals surface area contributed by atoms with Crippen molar-refractivity contribution >= 4 is 5.97 Å². The topological polar surface area (TPSA) is 70.1 Å². The van der Waals surface area contributed by atoms with E-state index in [1.54, 1.807) is 0 Å². The minimum atomic E-state index is -0.647. The minimum absolute atomic E-state index is 0.366. The minimum Gasteiger partial charge on any atom is -0.459 e. The smallest absolute Gasteiger partial charge is 0.323 e. The highest BCUT2D eigenvalue weighted by atomic mass is 16.6. The number of nitrogens with two attached hydrogens (primary N) is 1. The molecule has 0 aromatic carbocycles. The van der Waals surface area contributed by atoms with E-state index in [9.17, 15) is 4.79 Å². The fourth-order valence-corrected chi connectivity index (χ4v) is 1.81. The second-order valence-corrected chi connectivity index (χ2v) is 5.64. The van der Waals surface area contributed by atoms with Crippen LogP contribution in [-0.4, -0.2) is 27.4 Å². The largest absolute Gasteiger partial charge is 0.459 e. The average molecular weight is 267 g/mol. The highest BCUT2D eigenvalue weighted by molar-refractivity contribution is 5.76. The maximum atomic E-state index is 11.9. The summed E-state index contributed by atoms with van der Waals surface area (Å²) in [6, 6.07) is 1.36. The summed E-state index contributed by atoms with van der Waals surface area (Å²) in [6.45, 7) is 10.4. The van der Waals surface area contributed by atoms with Crippen molar-refractivity contribution in [3.05, 3.63) is 17.5 Å². The number of carbonyl (C=O) groups excluding carboxylic acids is 1. The lowest BCUT2D eigenvalue weighted by atomic mass is 10.1. The number of hydrogen-bond acceptors (Lipinski definition) is 4. The van der Waals surface area contributed by atoms with Crippen LogP contribution >= 0.6 is 0 Å². The summed E-state index contributed by atoms with van der Waals surface area (Å²) >= 11 is 0. The van der Waals surface area contributed by atoms with E-state index < -0.39 is 11.6 Å². The van der Waals surface area contributed by atoms with E-state index in [0.717, 1.165) is 24.4 Å². The van der Waals surface area contributed by atoms with Crippen molar-refractivity contribution in [2.45, 2.75) is 65.6 Å². The number of rotatable bonds is 5. The van der Waals surface area contributed by atoms with E-state index in [-0.39, 0.29) is 5.97 Å². The molecule has 0 bridgehead atoms. The molecule has 0 spiro atoms. The molecule has 1 aromatic heterocycles. The Hall–Kier alpha value is -1.36. The highest BCUT2D eigenvalue weighted by Crippen LogP contribution is 2.12. The molecule has 0 aliphatic rings. The van der Waals surface area contributed by atoms with Gasteiger partial charge in [-0.2, -0.15) is 5.10 Å². The first kappa shape index (κ1) is 15.7. The molecule has 1 unspecified atom stereocenters. The Morgan fingerprint density at radius 2 is 2.11 bits per heavy atom. The van der Waals surface area contributed by atoms with Crippen LogP contribution in [0, 0.1) is 0 Å². The maximum Gasteiger partial charge on any atom is 0.323 e. The van der Waals surface area contributed by atoms with Crippen molar-refractivity contribution in [3.63, 3.8) is 0 Å². The Kier molecular flexibility index (Phi) is 5.11. The number of ether oxygens (including phenoxy) is 1. The van der Waals surface area contributed by atoms with Crippen molar-refractivity contribution in [1.82, 2.24) is 9.78 Å². The molecular formula is C14H25N3O2. The molecule has 5 heteroatoms. The molecule has 2 N–H and O–H groups in total. The molecule has 5 nitrogen and oxygen atoms in total. The Balaban J connectivity index is 2.73. The van der Waals surface area contributed by atoms with E-state index in [4.69, 9.17) is 10.5 Å². The predicted molar refractivity (Wildman–Crippen MR) is 74.8 cm³/mol. The molecular weight excluding hydrogens is 242 g/mol. The lowest BCUT2D eigenvalue weighted by molar-refractivity contribution is -0.156. The van der Waals surface area contributed by atoms with Crippen LogP contribution in [0.1, 0.15) is 46.0 Å². The van der Waals surface area contributed by atoms with Gasteiger partial charge in [-0.15, -0.1) is 0 Å². The molecule has 0 aliphatic heterocycles. The van der Waals surface area contributed by atoms with Gasteiger partial charge in [0.2, 0.25) is 0 Å². The molecule has 0 saturated carbocycles.